The molecule has 2 aliphatic rings. The number of ether oxygens (including phenoxy) is 1. The molecule has 1 aromatic carbocycles. The minimum Gasteiger partial charge on any atom is -0.353 e. The number of hydrogen-bond acceptors (Lipinski definition) is 3. The summed E-state index contributed by atoms with van der Waals surface area (Å²) in [5.74, 6) is 0.409. The lowest BCUT2D eigenvalue weighted by Gasteiger charge is -2.43. The van der Waals surface area contributed by atoms with Crippen molar-refractivity contribution >= 4 is 11.8 Å². The van der Waals surface area contributed by atoms with Crippen LogP contribution in [0.15, 0.2) is 30.3 Å². The summed E-state index contributed by atoms with van der Waals surface area (Å²) in [5.41, 5.74) is -0.0333. The van der Waals surface area contributed by atoms with E-state index < -0.39 is 11.8 Å². The molecule has 0 aromatic heterocycles. The Morgan fingerprint density at radius 3 is 2.54 bits per heavy atom. The monoisotopic (exact) mass is 358 g/mol. The fourth-order valence-corrected chi connectivity index (χ4v) is 3.94. The molecular weight excluding hydrogens is 328 g/mol. The zero-order valence-electron chi connectivity index (χ0n) is 16.0. The summed E-state index contributed by atoms with van der Waals surface area (Å²) in [5, 5.41) is 3.03. The Labute approximate surface area is 156 Å². The molecule has 5 heteroatoms. The Kier molecular flexibility index (Phi) is 5.66. The molecule has 1 saturated heterocycles. The van der Waals surface area contributed by atoms with E-state index >= 15 is 0 Å². The molecule has 0 unspecified atom stereocenters. The molecule has 5 nitrogen and oxygen atoms in total. The van der Waals surface area contributed by atoms with Crippen molar-refractivity contribution in [2.45, 2.75) is 70.7 Å². The fraction of sp³-hybridized carbons (Fsp3) is 0.619. The molecule has 1 heterocycles. The van der Waals surface area contributed by atoms with Crippen LogP contribution < -0.4 is 5.32 Å². The minimum absolute atomic E-state index is 0.0825. The van der Waals surface area contributed by atoms with Gasteiger partial charge in [0.1, 0.15) is 11.8 Å². The lowest BCUT2D eigenvalue weighted by atomic mass is 9.83. The first-order chi connectivity index (χ1) is 12.5. The number of benzene rings is 1. The van der Waals surface area contributed by atoms with Gasteiger partial charge in [-0.2, -0.15) is 0 Å². The predicted molar refractivity (Wildman–Crippen MR) is 101 cm³/mol. The Hall–Kier alpha value is -1.88. The second kappa shape index (κ2) is 7.78. The van der Waals surface area contributed by atoms with E-state index in [9.17, 15) is 9.59 Å². The van der Waals surface area contributed by atoms with Crippen molar-refractivity contribution in [2.24, 2.45) is 5.92 Å². The smallest absolute Gasteiger partial charge is 0.256 e. The normalized spacial score (nSPS) is 29.6. The van der Waals surface area contributed by atoms with Gasteiger partial charge in [-0.3, -0.25) is 14.5 Å². The van der Waals surface area contributed by atoms with Gasteiger partial charge < -0.3 is 10.1 Å². The highest BCUT2D eigenvalue weighted by Gasteiger charge is 2.53. The van der Waals surface area contributed by atoms with Crippen LogP contribution in [0.3, 0.4) is 0 Å². The van der Waals surface area contributed by atoms with E-state index in [1.165, 1.54) is 0 Å². The fourth-order valence-electron chi connectivity index (χ4n) is 3.94. The van der Waals surface area contributed by atoms with Crippen LogP contribution in [0.2, 0.25) is 0 Å². The van der Waals surface area contributed by atoms with Gasteiger partial charge in [0.25, 0.3) is 5.91 Å². The van der Waals surface area contributed by atoms with E-state index in [0.29, 0.717) is 11.5 Å². The highest BCUT2D eigenvalue weighted by molar-refractivity contribution is 5.98. The van der Waals surface area contributed by atoms with E-state index in [2.05, 4.69) is 12.2 Å². The van der Waals surface area contributed by atoms with Crippen LogP contribution in [-0.4, -0.2) is 41.1 Å². The average molecular weight is 358 g/mol. The maximum atomic E-state index is 13.3. The Morgan fingerprint density at radius 2 is 1.92 bits per heavy atom. The minimum atomic E-state index is -0.642. The first-order valence-electron chi connectivity index (χ1n) is 9.80. The molecule has 1 N–H and O–H groups in total. The van der Waals surface area contributed by atoms with Crippen molar-refractivity contribution in [3.63, 3.8) is 0 Å². The maximum Gasteiger partial charge on any atom is 0.256 e. The maximum absolute atomic E-state index is 13.3. The van der Waals surface area contributed by atoms with E-state index in [1.54, 1.807) is 4.90 Å². The number of carbonyl (C=O) groups excluding carboxylic acids is 2. The van der Waals surface area contributed by atoms with Crippen molar-refractivity contribution in [3.8, 4) is 0 Å². The second-order valence-electron chi connectivity index (χ2n) is 7.81. The summed E-state index contributed by atoms with van der Waals surface area (Å²) in [6.07, 6.45) is 4.46. The number of amides is 2. The SMILES string of the molecule is CC[C@@H](C)NC(=O)[C@@H]1COC2(CCC(C)CC2)N1C(=O)c1ccccc1. The molecule has 2 fully saturated rings. The number of hydrogen-bond donors (Lipinski definition) is 1. The molecule has 26 heavy (non-hydrogen) atoms. The van der Waals surface area contributed by atoms with Crippen molar-refractivity contribution in [1.82, 2.24) is 10.2 Å². The molecule has 0 radical (unpaired) electrons. The molecule has 2 amide bonds. The van der Waals surface area contributed by atoms with Gasteiger partial charge in [-0.15, -0.1) is 0 Å². The highest BCUT2D eigenvalue weighted by Crippen LogP contribution is 2.43. The van der Waals surface area contributed by atoms with Crippen LogP contribution in [-0.2, 0) is 9.53 Å². The highest BCUT2D eigenvalue weighted by atomic mass is 16.5. The topological polar surface area (TPSA) is 58.6 Å². The number of nitrogens with zero attached hydrogens (tertiary/aromatic N) is 1. The van der Waals surface area contributed by atoms with E-state index in [1.807, 2.05) is 44.2 Å². The zero-order chi connectivity index (χ0) is 18.7. The summed E-state index contributed by atoms with van der Waals surface area (Å²) in [4.78, 5) is 27.9. The van der Waals surface area contributed by atoms with Crippen molar-refractivity contribution in [2.75, 3.05) is 6.61 Å². The molecule has 1 aliphatic carbocycles. The van der Waals surface area contributed by atoms with Gasteiger partial charge in [0.15, 0.2) is 0 Å². The van der Waals surface area contributed by atoms with Crippen LogP contribution in [0.1, 0.15) is 63.2 Å². The largest absolute Gasteiger partial charge is 0.353 e. The molecule has 142 valence electrons. The van der Waals surface area contributed by atoms with Crippen LogP contribution in [0.5, 0.6) is 0 Å². The Balaban J connectivity index is 1.89. The number of nitrogens with one attached hydrogen (secondary N) is 1. The third-order valence-corrected chi connectivity index (χ3v) is 5.86. The average Bonchev–Trinajstić information content (AvgIpc) is 3.03. The third-order valence-electron chi connectivity index (χ3n) is 5.86. The lowest BCUT2D eigenvalue weighted by molar-refractivity contribution is -0.128. The van der Waals surface area contributed by atoms with E-state index in [-0.39, 0.29) is 24.5 Å². The molecule has 1 aromatic rings. The van der Waals surface area contributed by atoms with Gasteiger partial charge in [-0.1, -0.05) is 32.0 Å². The molecule has 3 rings (SSSR count). The van der Waals surface area contributed by atoms with Gasteiger partial charge in [-0.05, 0) is 57.1 Å². The molecule has 1 spiro atoms. The lowest BCUT2D eigenvalue weighted by Crippen LogP contribution is -2.57. The van der Waals surface area contributed by atoms with E-state index in [0.717, 1.165) is 32.1 Å². The second-order valence-corrected chi connectivity index (χ2v) is 7.81. The third kappa shape index (κ3) is 3.63. The quantitative estimate of drug-likeness (QED) is 0.898. The summed E-state index contributed by atoms with van der Waals surface area (Å²) < 4.78 is 6.18. The van der Waals surface area contributed by atoms with Crippen molar-refractivity contribution < 1.29 is 14.3 Å². The molecule has 1 saturated carbocycles. The van der Waals surface area contributed by atoms with Crippen LogP contribution >= 0.6 is 0 Å². The van der Waals surface area contributed by atoms with Crippen molar-refractivity contribution in [1.29, 1.82) is 0 Å². The molecule has 2 atom stereocenters. The summed E-state index contributed by atoms with van der Waals surface area (Å²) in [7, 11) is 0. The number of carbonyl (C=O) groups is 2. The Bertz CT molecular complexity index is 638. The predicted octanol–water partition coefficient (Wildman–Crippen LogP) is 3.35. The molecular formula is C21H30N2O3. The van der Waals surface area contributed by atoms with Gasteiger partial charge in [0.05, 0.1) is 6.61 Å². The number of rotatable bonds is 4. The van der Waals surface area contributed by atoms with Crippen LogP contribution in [0.4, 0.5) is 0 Å². The van der Waals surface area contributed by atoms with Crippen LogP contribution in [0.25, 0.3) is 0 Å². The summed E-state index contributed by atoms with van der Waals surface area (Å²) in [6, 6.07) is 8.74. The first kappa shape index (κ1) is 18.9. The van der Waals surface area contributed by atoms with Gasteiger partial charge in [-0.25, -0.2) is 0 Å². The molecule has 1 aliphatic heterocycles. The van der Waals surface area contributed by atoms with Gasteiger partial charge >= 0.3 is 0 Å². The summed E-state index contributed by atoms with van der Waals surface area (Å²) >= 11 is 0. The zero-order valence-corrected chi connectivity index (χ0v) is 16.0. The van der Waals surface area contributed by atoms with E-state index in [4.69, 9.17) is 4.74 Å². The summed E-state index contributed by atoms with van der Waals surface area (Å²) in [6.45, 7) is 6.52. The van der Waals surface area contributed by atoms with Crippen LogP contribution in [0, 0.1) is 5.92 Å². The molecule has 0 bridgehead atoms. The first-order valence-corrected chi connectivity index (χ1v) is 9.80. The van der Waals surface area contributed by atoms with Gasteiger partial charge in [0.2, 0.25) is 5.91 Å². The van der Waals surface area contributed by atoms with Gasteiger partial charge in [0, 0.05) is 11.6 Å². The standard InChI is InChI=1S/C21H30N2O3/c1-4-16(3)22-19(24)18-14-26-21(12-10-15(2)11-13-21)23(18)20(25)17-8-6-5-7-9-17/h5-9,15-16,18H,4,10-14H2,1-3H3,(H,22,24)/t15?,16-,18+,21?/m1/s1. The van der Waals surface area contributed by atoms with Crippen molar-refractivity contribution in [3.05, 3.63) is 35.9 Å². The Morgan fingerprint density at radius 1 is 1.27 bits per heavy atom.